The number of fused-ring (bicyclic) bond motifs is 1. The average molecular weight is 406 g/mol. The summed E-state index contributed by atoms with van der Waals surface area (Å²) in [7, 11) is 3.79. The molecular formula is C25H31N3O2. The summed E-state index contributed by atoms with van der Waals surface area (Å²) in [5.74, 6) is 1.17. The van der Waals surface area contributed by atoms with Gasteiger partial charge >= 0.3 is 0 Å². The van der Waals surface area contributed by atoms with Crippen LogP contribution in [0, 0.1) is 5.92 Å². The molecule has 1 saturated heterocycles. The molecule has 3 aromatic rings. The maximum atomic E-state index is 12.7. The fourth-order valence-corrected chi connectivity index (χ4v) is 4.46. The lowest BCUT2D eigenvalue weighted by Gasteiger charge is -2.31. The number of rotatable bonds is 6. The first-order valence-electron chi connectivity index (χ1n) is 10.7. The van der Waals surface area contributed by atoms with E-state index in [9.17, 15) is 4.79 Å². The zero-order valence-corrected chi connectivity index (χ0v) is 18.1. The first-order chi connectivity index (χ1) is 14.5. The van der Waals surface area contributed by atoms with E-state index in [2.05, 4.69) is 59.2 Å². The van der Waals surface area contributed by atoms with E-state index in [1.54, 1.807) is 7.11 Å². The minimum absolute atomic E-state index is 0.0439. The molecule has 0 bridgehead atoms. The Kier molecular flexibility index (Phi) is 6.09. The SMILES string of the molecule is COc1ccc2c(c1)c(CN1CCC(C(=O)N[C@@H](C)c3ccccc3)CC1)cn2C. The molecule has 5 heteroatoms. The minimum atomic E-state index is 0.0439. The molecule has 0 spiro atoms. The number of hydrogen-bond donors (Lipinski definition) is 1. The summed E-state index contributed by atoms with van der Waals surface area (Å²) in [6.07, 6.45) is 4.02. The Bertz CT molecular complexity index is 1000. The summed E-state index contributed by atoms with van der Waals surface area (Å²) in [5.41, 5.74) is 3.68. The van der Waals surface area contributed by atoms with Crippen LogP contribution in [0.2, 0.25) is 0 Å². The van der Waals surface area contributed by atoms with E-state index in [1.807, 2.05) is 24.3 Å². The first-order valence-corrected chi connectivity index (χ1v) is 10.7. The van der Waals surface area contributed by atoms with E-state index in [0.29, 0.717) is 0 Å². The topological polar surface area (TPSA) is 46.5 Å². The lowest BCUT2D eigenvalue weighted by atomic mass is 9.95. The molecule has 0 saturated carbocycles. The van der Waals surface area contributed by atoms with E-state index >= 15 is 0 Å². The highest BCUT2D eigenvalue weighted by molar-refractivity contribution is 5.85. The largest absolute Gasteiger partial charge is 0.497 e. The van der Waals surface area contributed by atoms with Gasteiger partial charge in [-0.25, -0.2) is 0 Å². The van der Waals surface area contributed by atoms with Gasteiger partial charge < -0.3 is 14.6 Å². The standard InChI is InChI=1S/C25H31N3O2/c1-18(19-7-5-4-6-8-19)26-25(29)20-11-13-28(14-12-20)17-21-16-27(2)24-10-9-22(30-3)15-23(21)24/h4-10,15-16,18,20H,11-14,17H2,1-3H3,(H,26,29)/t18-/m0/s1. The van der Waals surface area contributed by atoms with Crippen molar-refractivity contribution in [2.45, 2.75) is 32.4 Å². The molecule has 1 aliphatic rings. The zero-order chi connectivity index (χ0) is 21.1. The highest BCUT2D eigenvalue weighted by atomic mass is 16.5. The van der Waals surface area contributed by atoms with Crippen molar-refractivity contribution in [1.29, 1.82) is 0 Å². The van der Waals surface area contributed by atoms with Gasteiger partial charge in [0.25, 0.3) is 0 Å². The van der Waals surface area contributed by atoms with Crippen LogP contribution in [0.1, 0.15) is 36.9 Å². The average Bonchev–Trinajstić information content (AvgIpc) is 3.09. The van der Waals surface area contributed by atoms with Crippen LogP contribution in [0.5, 0.6) is 5.75 Å². The summed E-state index contributed by atoms with van der Waals surface area (Å²) < 4.78 is 7.59. The second kappa shape index (κ2) is 8.92. The highest BCUT2D eigenvalue weighted by Crippen LogP contribution is 2.28. The van der Waals surface area contributed by atoms with Crippen molar-refractivity contribution >= 4 is 16.8 Å². The zero-order valence-electron chi connectivity index (χ0n) is 18.1. The van der Waals surface area contributed by atoms with Crippen LogP contribution in [-0.2, 0) is 18.4 Å². The van der Waals surface area contributed by atoms with Gasteiger partial charge in [0.15, 0.2) is 0 Å². The molecule has 30 heavy (non-hydrogen) atoms. The maximum Gasteiger partial charge on any atom is 0.223 e. The van der Waals surface area contributed by atoms with E-state index < -0.39 is 0 Å². The Labute approximate surface area is 178 Å². The minimum Gasteiger partial charge on any atom is -0.497 e. The Hall–Kier alpha value is -2.79. The van der Waals surface area contributed by atoms with Gasteiger partial charge in [0.2, 0.25) is 5.91 Å². The molecule has 4 rings (SSSR count). The number of aryl methyl sites for hydroxylation is 1. The van der Waals surface area contributed by atoms with E-state index in [-0.39, 0.29) is 17.9 Å². The second-order valence-electron chi connectivity index (χ2n) is 8.34. The number of likely N-dealkylation sites (tertiary alicyclic amines) is 1. The number of carbonyl (C=O) groups excluding carboxylic acids is 1. The lowest BCUT2D eigenvalue weighted by molar-refractivity contribution is -0.127. The van der Waals surface area contributed by atoms with Crippen LogP contribution in [-0.4, -0.2) is 35.6 Å². The van der Waals surface area contributed by atoms with Crippen LogP contribution in [0.25, 0.3) is 10.9 Å². The molecule has 158 valence electrons. The molecule has 1 aliphatic heterocycles. The van der Waals surface area contributed by atoms with Crippen LogP contribution in [0.15, 0.2) is 54.7 Å². The van der Waals surface area contributed by atoms with E-state index in [4.69, 9.17) is 4.74 Å². The number of nitrogens with one attached hydrogen (secondary N) is 1. The lowest BCUT2D eigenvalue weighted by Crippen LogP contribution is -2.40. The van der Waals surface area contributed by atoms with Crippen molar-refractivity contribution in [2.75, 3.05) is 20.2 Å². The van der Waals surface area contributed by atoms with Gasteiger partial charge in [-0.2, -0.15) is 0 Å². The Morgan fingerprint density at radius 3 is 2.60 bits per heavy atom. The maximum absolute atomic E-state index is 12.7. The molecule has 2 aromatic carbocycles. The van der Waals surface area contributed by atoms with Crippen molar-refractivity contribution in [1.82, 2.24) is 14.8 Å². The number of methoxy groups -OCH3 is 1. The molecule has 1 atom stereocenters. The van der Waals surface area contributed by atoms with Gasteiger partial charge in [0.1, 0.15) is 5.75 Å². The summed E-state index contributed by atoms with van der Waals surface area (Å²) in [4.78, 5) is 15.2. The van der Waals surface area contributed by atoms with Gasteiger partial charge in [-0.05, 0) is 62.2 Å². The van der Waals surface area contributed by atoms with Crippen LogP contribution in [0.3, 0.4) is 0 Å². The third-order valence-corrected chi connectivity index (χ3v) is 6.29. The summed E-state index contributed by atoms with van der Waals surface area (Å²) in [6, 6.07) is 16.4. The molecule has 0 unspecified atom stereocenters. The highest BCUT2D eigenvalue weighted by Gasteiger charge is 2.26. The molecule has 0 radical (unpaired) electrons. The summed E-state index contributed by atoms with van der Waals surface area (Å²) in [5, 5.41) is 4.44. The third-order valence-electron chi connectivity index (χ3n) is 6.29. The fourth-order valence-electron chi connectivity index (χ4n) is 4.46. The van der Waals surface area contributed by atoms with Crippen molar-refractivity contribution in [2.24, 2.45) is 13.0 Å². The van der Waals surface area contributed by atoms with Crippen LogP contribution in [0.4, 0.5) is 0 Å². The second-order valence-corrected chi connectivity index (χ2v) is 8.34. The number of hydrogen-bond acceptors (Lipinski definition) is 3. The number of aromatic nitrogens is 1. The molecule has 1 amide bonds. The van der Waals surface area contributed by atoms with E-state index in [0.717, 1.165) is 43.8 Å². The molecule has 1 aromatic heterocycles. The van der Waals surface area contributed by atoms with E-state index in [1.165, 1.54) is 16.5 Å². The predicted molar refractivity (Wildman–Crippen MR) is 120 cm³/mol. The smallest absolute Gasteiger partial charge is 0.223 e. The molecule has 5 nitrogen and oxygen atoms in total. The van der Waals surface area contributed by atoms with Crippen molar-refractivity contribution in [3.05, 3.63) is 65.9 Å². The molecule has 2 heterocycles. The molecule has 0 aliphatic carbocycles. The number of benzene rings is 2. The molecule has 1 N–H and O–H groups in total. The number of amides is 1. The van der Waals surface area contributed by atoms with Crippen LogP contribution >= 0.6 is 0 Å². The van der Waals surface area contributed by atoms with Crippen LogP contribution < -0.4 is 10.1 Å². The summed E-state index contributed by atoms with van der Waals surface area (Å²) >= 11 is 0. The van der Waals surface area contributed by atoms with Crippen molar-refractivity contribution < 1.29 is 9.53 Å². The monoisotopic (exact) mass is 405 g/mol. The quantitative estimate of drug-likeness (QED) is 0.666. The molecule has 1 fully saturated rings. The predicted octanol–water partition coefficient (Wildman–Crippen LogP) is 4.28. The summed E-state index contributed by atoms with van der Waals surface area (Å²) in [6.45, 7) is 4.84. The van der Waals surface area contributed by atoms with Gasteiger partial charge in [-0.1, -0.05) is 30.3 Å². The number of carbonyl (C=O) groups is 1. The Balaban J connectivity index is 1.35. The van der Waals surface area contributed by atoms with Gasteiger partial charge in [-0.15, -0.1) is 0 Å². The normalized spacial score (nSPS) is 16.5. The van der Waals surface area contributed by atoms with Crippen molar-refractivity contribution in [3.8, 4) is 5.75 Å². The Morgan fingerprint density at radius 1 is 1.17 bits per heavy atom. The molecular weight excluding hydrogens is 374 g/mol. The Morgan fingerprint density at radius 2 is 1.90 bits per heavy atom. The number of ether oxygens (including phenoxy) is 1. The van der Waals surface area contributed by atoms with Crippen molar-refractivity contribution in [3.63, 3.8) is 0 Å². The number of piperidine rings is 1. The third kappa shape index (κ3) is 4.36. The van der Waals surface area contributed by atoms with Gasteiger partial charge in [0, 0.05) is 36.6 Å². The fraction of sp³-hybridized carbons (Fsp3) is 0.400. The van der Waals surface area contributed by atoms with Gasteiger partial charge in [-0.3, -0.25) is 9.69 Å². The number of nitrogens with zero attached hydrogens (tertiary/aromatic N) is 2. The first kappa shape index (κ1) is 20.5. The van der Waals surface area contributed by atoms with Gasteiger partial charge in [0.05, 0.1) is 13.2 Å².